The summed E-state index contributed by atoms with van der Waals surface area (Å²) in [6.07, 6.45) is 11.5. The van der Waals surface area contributed by atoms with Crippen molar-refractivity contribution in [3.63, 3.8) is 0 Å². The molecule has 23 heavy (non-hydrogen) atoms. The van der Waals surface area contributed by atoms with Gasteiger partial charge in [-0.1, -0.05) is 30.4 Å². The van der Waals surface area contributed by atoms with Crippen molar-refractivity contribution in [2.24, 2.45) is 11.8 Å². The van der Waals surface area contributed by atoms with Gasteiger partial charge in [0.2, 0.25) is 10.0 Å². The number of hydrogen-bond acceptors (Lipinski definition) is 2. The molecule has 1 saturated heterocycles. The van der Waals surface area contributed by atoms with E-state index >= 15 is 0 Å². The Morgan fingerprint density at radius 2 is 1.78 bits per heavy atom. The second-order valence-corrected chi connectivity index (χ2v) is 8.23. The van der Waals surface area contributed by atoms with Crippen LogP contribution in [-0.2, 0) is 10.0 Å². The second-order valence-electron chi connectivity index (χ2n) is 6.32. The maximum absolute atomic E-state index is 13.5. The fraction of sp³-hybridized carbons (Fsp3) is 0.444. The van der Waals surface area contributed by atoms with E-state index in [2.05, 4.69) is 24.3 Å². The van der Waals surface area contributed by atoms with Gasteiger partial charge < -0.3 is 0 Å². The zero-order valence-electron chi connectivity index (χ0n) is 13.3. The van der Waals surface area contributed by atoms with E-state index in [9.17, 15) is 12.8 Å². The average Bonchev–Trinajstić information content (AvgIpc) is 2.58. The Kier molecular flexibility index (Phi) is 4.69. The topological polar surface area (TPSA) is 37.4 Å². The third-order valence-corrected chi connectivity index (χ3v) is 6.84. The van der Waals surface area contributed by atoms with Gasteiger partial charge in [0.1, 0.15) is 5.82 Å². The first-order chi connectivity index (χ1) is 11.0. The van der Waals surface area contributed by atoms with E-state index < -0.39 is 15.8 Å². The molecule has 0 aromatic heterocycles. The van der Waals surface area contributed by atoms with Crippen LogP contribution in [0.25, 0.3) is 0 Å². The van der Waals surface area contributed by atoms with E-state index in [1.165, 1.54) is 16.4 Å². The highest BCUT2D eigenvalue weighted by Crippen LogP contribution is 2.32. The number of sulfonamides is 1. The van der Waals surface area contributed by atoms with Gasteiger partial charge in [-0.2, -0.15) is 4.31 Å². The molecule has 1 aliphatic heterocycles. The summed E-state index contributed by atoms with van der Waals surface area (Å²) in [7, 11) is -3.61. The SMILES string of the molecule is Cc1ccc(F)cc1S(=O)(=O)N1CCC(C2C=CCC=C2)CC1. The minimum absolute atomic E-state index is 0.0911. The van der Waals surface area contributed by atoms with Gasteiger partial charge in [-0.05, 0) is 55.7 Å². The van der Waals surface area contributed by atoms with E-state index in [1.807, 2.05) is 0 Å². The first kappa shape index (κ1) is 16.4. The maximum Gasteiger partial charge on any atom is 0.243 e. The van der Waals surface area contributed by atoms with Crippen molar-refractivity contribution in [2.45, 2.75) is 31.1 Å². The molecule has 0 spiro atoms. The Hall–Kier alpha value is -1.46. The average molecular weight is 335 g/mol. The number of hydrogen-bond donors (Lipinski definition) is 0. The second kappa shape index (κ2) is 6.57. The Balaban J connectivity index is 1.73. The normalized spacial score (nSPS) is 21.0. The van der Waals surface area contributed by atoms with Crippen LogP contribution in [0.5, 0.6) is 0 Å². The molecule has 3 rings (SSSR count). The molecule has 124 valence electrons. The molecule has 1 heterocycles. The quantitative estimate of drug-likeness (QED) is 0.791. The monoisotopic (exact) mass is 335 g/mol. The first-order valence-electron chi connectivity index (χ1n) is 8.08. The largest absolute Gasteiger partial charge is 0.243 e. The highest BCUT2D eigenvalue weighted by Gasteiger charge is 2.32. The van der Waals surface area contributed by atoms with Gasteiger partial charge >= 0.3 is 0 Å². The van der Waals surface area contributed by atoms with Crippen LogP contribution in [0.2, 0.25) is 0 Å². The summed E-state index contributed by atoms with van der Waals surface area (Å²) in [5.41, 5.74) is 0.590. The lowest BCUT2D eigenvalue weighted by Gasteiger charge is -2.34. The zero-order valence-corrected chi connectivity index (χ0v) is 14.1. The number of nitrogens with zero attached hydrogens (tertiary/aromatic N) is 1. The molecular formula is C18H22FNO2S. The van der Waals surface area contributed by atoms with Gasteiger partial charge in [0.25, 0.3) is 0 Å². The number of allylic oxidation sites excluding steroid dienone is 4. The van der Waals surface area contributed by atoms with Crippen LogP contribution >= 0.6 is 0 Å². The van der Waals surface area contributed by atoms with Crippen molar-refractivity contribution in [1.82, 2.24) is 4.31 Å². The lowest BCUT2D eigenvalue weighted by molar-refractivity contribution is 0.249. The number of benzene rings is 1. The Labute approximate surface area is 137 Å². The molecule has 0 atom stereocenters. The van der Waals surface area contributed by atoms with E-state index in [0.29, 0.717) is 30.5 Å². The summed E-state index contributed by atoms with van der Waals surface area (Å²) in [6, 6.07) is 3.94. The van der Waals surface area contributed by atoms with Gasteiger partial charge in [0.05, 0.1) is 4.90 Å². The van der Waals surface area contributed by atoms with Crippen molar-refractivity contribution in [1.29, 1.82) is 0 Å². The van der Waals surface area contributed by atoms with E-state index in [-0.39, 0.29) is 4.90 Å². The molecule has 0 N–H and O–H groups in total. The fourth-order valence-corrected chi connectivity index (χ4v) is 5.13. The number of piperidine rings is 1. The van der Waals surface area contributed by atoms with Gasteiger partial charge in [-0.15, -0.1) is 0 Å². The molecule has 0 unspecified atom stereocenters. The molecule has 0 radical (unpaired) electrons. The van der Waals surface area contributed by atoms with Gasteiger partial charge in [-0.3, -0.25) is 0 Å². The molecule has 1 aromatic rings. The van der Waals surface area contributed by atoms with Crippen LogP contribution in [-0.4, -0.2) is 25.8 Å². The van der Waals surface area contributed by atoms with Crippen LogP contribution in [0.15, 0.2) is 47.4 Å². The minimum Gasteiger partial charge on any atom is -0.207 e. The van der Waals surface area contributed by atoms with Gasteiger partial charge in [0.15, 0.2) is 0 Å². The standard InChI is InChI=1S/C18H22FNO2S/c1-14-7-8-17(19)13-18(14)23(21,22)20-11-9-16(10-12-20)15-5-3-2-4-6-15/h3-8,13,15-16H,2,9-12H2,1H3. The molecule has 3 nitrogen and oxygen atoms in total. The highest BCUT2D eigenvalue weighted by atomic mass is 32.2. The number of aryl methyl sites for hydroxylation is 1. The van der Waals surface area contributed by atoms with Gasteiger partial charge in [0, 0.05) is 13.1 Å². The van der Waals surface area contributed by atoms with Gasteiger partial charge in [-0.25, -0.2) is 12.8 Å². The smallest absolute Gasteiger partial charge is 0.207 e. The third-order valence-electron chi connectivity index (χ3n) is 4.80. The third kappa shape index (κ3) is 3.40. The molecule has 1 aromatic carbocycles. The first-order valence-corrected chi connectivity index (χ1v) is 9.52. The summed E-state index contributed by atoms with van der Waals surface area (Å²) in [5, 5.41) is 0. The van der Waals surface area contributed by atoms with E-state index in [0.717, 1.165) is 25.3 Å². The number of halogens is 1. The van der Waals surface area contributed by atoms with Crippen molar-refractivity contribution >= 4 is 10.0 Å². The van der Waals surface area contributed by atoms with Crippen LogP contribution < -0.4 is 0 Å². The van der Waals surface area contributed by atoms with E-state index in [1.54, 1.807) is 6.92 Å². The van der Waals surface area contributed by atoms with Crippen molar-refractivity contribution < 1.29 is 12.8 Å². The lowest BCUT2D eigenvalue weighted by atomic mass is 9.83. The summed E-state index contributed by atoms with van der Waals surface area (Å²) < 4.78 is 40.5. The summed E-state index contributed by atoms with van der Waals surface area (Å²) in [4.78, 5) is 0.0911. The maximum atomic E-state index is 13.5. The fourth-order valence-electron chi connectivity index (χ4n) is 3.42. The predicted octanol–water partition coefficient (Wildman–Crippen LogP) is 3.67. The molecule has 0 amide bonds. The number of rotatable bonds is 3. The Morgan fingerprint density at radius 1 is 1.13 bits per heavy atom. The summed E-state index contributed by atoms with van der Waals surface area (Å²) in [5.74, 6) is 0.397. The van der Waals surface area contributed by atoms with Crippen molar-refractivity contribution in [3.8, 4) is 0 Å². The molecule has 2 aliphatic rings. The molecule has 1 aliphatic carbocycles. The van der Waals surface area contributed by atoms with Crippen molar-refractivity contribution in [2.75, 3.05) is 13.1 Å². The molecule has 0 bridgehead atoms. The molecule has 0 saturated carbocycles. The summed E-state index contributed by atoms with van der Waals surface area (Å²) >= 11 is 0. The molecule has 1 fully saturated rings. The van der Waals surface area contributed by atoms with Crippen molar-refractivity contribution in [3.05, 3.63) is 53.9 Å². The van der Waals surface area contributed by atoms with Crippen LogP contribution in [0, 0.1) is 24.6 Å². The molecule has 5 heteroatoms. The Bertz CT molecular complexity index is 719. The van der Waals surface area contributed by atoms with Crippen LogP contribution in [0.4, 0.5) is 4.39 Å². The van der Waals surface area contributed by atoms with E-state index in [4.69, 9.17) is 0 Å². The zero-order chi connectivity index (χ0) is 16.4. The Morgan fingerprint density at radius 3 is 2.43 bits per heavy atom. The lowest BCUT2D eigenvalue weighted by Crippen LogP contribution is -2.40. The molecular weight excluding hydrogens is 313 g/mol. The van der Waals surface area contributed by atoms with Crippen LogP contribution in [0.1, 0.15) is 24.8 Å². The predicted molar refractivity (Wildman–Crippen MR) is 89.0 cm³/mol. The minimum atomic E-state index is -3.61. The highest BCUT2D eigenvalue weighted by molar-refractivity contribution is 7.89. The summed E-state index contributed by atoms with van der Waals surface area (Å²) in [6.45, 7) is 2.71. The van der Waals surface area contributed by atoms with Crippen LogP contribution in [0.3, 0.4) is 0 Å².